The van der Waals surface area contributed by atoms with Crippen molar-refractivity contribution in [3.63, 3.8) is 0 Å². The molecule has 5 nitrogen and oxygen atoms in total. The minimum Gasteiger partial charge on any atom is -0.337 e. The predicted molar refractivity (Wildman–Crippen MR) is 67.7 cm³/mol. The summed E-state index contributed by atoms with van der Waals surface area (Å²) in [4.78, 5) is 13.5. The van der Waals surface area contributed by atoms with Gasteiger partial charge in [0.2, 0.25) is 0 Å². The number of carbonyl (C=O) groups excluding carboxylic acids is 1. The van der Waals surface area contributed by atoms with E-state index in [1.165, 1.54) is 0 Å². The maximum absolute atomic E-state index is 11.7. The van der Waals surface area contributed by atoms with Gasteiger partial charge >= 0.3 is 6.03 Å². The van der Waals surface area contributed by atoms with Crippen molar-refractivity contribution < 1.29 is 13.2 Å². The molecule has 0 unspecified atom stereocenters. The van der Waals surface area contributed by atoms with Crippen molar-refractivity contribution in [2.24, 2.45) is 5.92 Å². The van der Waals surface area contributed by atoms with Crippen LogP contribution in [0, 0.1) is 5.92 Å². The molecule has 2 amide bonds. The molecule has 1 rings (SSSR count). The van der Waals surface area contributed by atoms with Gasteiger partial charge < -0.3 is 10.2 Å². The number of nitrogens with zero attached hydrogens (tertiary/aromatic N) is 1. The lowest BCUT2D eigenvalue weighted by molar-refractivity contribution is 0.174. The molecule has 1 fully saturated rings. The van der Waals surface area contributed by atoms with Gasteiger partial charge in [-0.3, -0.25) is 0 Å². The molecular formula is C11H22N2O3S. The summed E-state index contributed by atoms with van der Waals surface area (Å²) in [7, 11) is -2.99. The first kappa shape index (κ1) is 14.3. The van der Waals surface area contributed by atoms with Crippen LogP contribution in [-0.4, -0.2) is 50.5 Å². The molecule has 0 bridgehead atoms. The van der Waals surface area contributed by atoms with E-state index in [1.54, 1.807) is 11.8 Å². The summed E-state index contributed by atoms with van der Waals surface area (Å²) < 4.78 is 22.5. The Bertz CT molecular complexity index is 346. The summed E-state index contributed by atoms with van der Waals surface area (Å²) in [6, 6.07) is -0.136. The van der Waals surface area contributed by atoms with Crippen molar-refractivity contribution in [3.05, 3.63) is 0 Å². The molecule has 0 atom stereocenters. The Hall–Kier alpha value is -0.780. The van der Waals surface area contributed by atoms with Gasteiger partial charge in [0.05, 0.1) is 5.75 Å². The van der Waals surface area contributed by atoms with E-state index in [0.717, 1.165) is 25.9 Å². The molecule has 0 saturated carbocycles. The number of hydrogen-bond acceptors (Lipinski definition) is 3. The van der Waals surface area contributed by atoms with Crippen LogP contribution >= 0.6 is 0 Å². The van der Waals surface area contributed by atoms with E-state index >= 15 is 0 Å². The van der Waals surface area contributed by atoms with Crippen LogP contribution in [0.1, 0.15) is 26.7 Å². The molecule has 6 heteroatoms. The number of hydrogen-bond donors (Lipinski definition) is 1. The number of sulfone groups is 1. The third-order valence-electron chi connectivity index (χ3n) is 3.20. The average Bonchev–Trinajstić information content (AvgIpc) is 2.29. The van der Waals surface area contributed by atoms with E-state index in [9.17, 15) is 13.2 Å². The van der Waals surface area contributed by atoms with Gasteiger partial charge in [0.25, 0.3) is 0 Å². The molecule has 0 aromatic rings. The summed E-state index contributed by atoms with van der Waals surface area (Å²) in [5.74, 6) is 0.836. The minimum absolute atomic E-state index is 0.0273. The highest BCUT2D eigenvalue weighted by Gasteiger charge is 2.20. The Labute approximate surface area is 103 Å². The molecule has 1 aliphatic heterocycles. The molecule has 17 heavy (non-hydrogen) atoms. The van der Waals surface area contributed by atoms with Gasteiger partial charge in [-0.1, -0.05) is 13.8 Å². The first-order valence-corrected chi connectivity index (χ1v) is 8.00. The SMILES string of the molecule is CCS(=O)(=O)CCNC(=O)N1CCC(C)CC1. The smallest absolute Gasteiger partial charge is 0.317 e. The quantitative estimate of drug-likeness (QED) is 0.817. The number of nitrogens with one attached hydrogen (secondary N) is 1. The monoisotopic (exact) mass is 262 g/mol. The van der Waals surface area contributed by atoms with Gasteiger partial charge in [-0.2, -0.15) is 0 Å². The van der Waals surface area contributed by atoms with Gasteiger partial charge in [0.15, 0.2) is 9.84 Å². The van der Waals surface area contributed by atoms with Crippen molar-refractivity contribution in [1.29, 1.82) is 0 Å². The summed E-state index contributed by atoms with van der Waals surface area (Å²) in [5.41, 5.74) is 0. The number of rotatable bonds is 4. The first-order valence-electron chi connectivity index (χ1n) is 6.18. The number of amides is 2. The number of piperidine rings is 1. The van der Waals surface area contributed by atoms with Crippen molar-refractivity contribution in [2.75, 3.05) is 31.1 Å². The van der Waals surface area contributed by atoms with Gasteiger partial charge in [-0.05, 0) is 18.8 Å². The van der Waals surface area contributed by atoms with Crippen molar-refractivity contribution in [2.45, 2.75) is 26.7 Å². The maximum atomic E-state index is 11.7. The molecular weight excluding hydrogens is 240 g/mol. The number of carbonyl (C=O) groups is 1. The fourth-order valence-electron chi connectivity index (χ4n) is 1.78. The van der Waals surface area contributed by atoms with Crippen LogP contribution in [0.5, 0.6) is 0 Å². The summed E-state index contributed by atoms with van der Waals surface area (Å²) in [6.07, 6.45) is 2.06. The van der Waals surface area contributed by atoms with E-state index in [4.69, 9.17) is 0 Å². The van der Waals surface area contributed by atoms with E-state index in [0.29, 0.717) is 5.92 Å². The predicted octanol–water partition coefficient (Wildman–Crippen LogP) is 0.863. The molecule has 100 valence electrons. The van der Waals surface area contributed by atoms with Crippen LogP contribution < -0.4 is 5.32 Å². The summed E-state index contributed by atoms with van der Waals surface area (Å²) >= 11 is 0. The average molecular weight is 262 g/mol. The lowest BCUT2D eigenvalue weighted by Crippen LogP contribution is -2.45. The molecule has 0 radical (unpaired) electrons. The van der Waals surface area contributed by atoms with Crippen LogP contribution in [0.3, 0.4) is 0 Å². The zero-order valence-corrected chi connectivity index (χ0v) is 11.4. The maximum Gasteiger partial charge on any atom is 0.317 e. The third-order valence-corrected chi connectivity index (χ3v) is 4.91. The van der Waals surface area contributed by atoms with Crippen LogP contribution in [0.2, 0.25) is 0 Å². The van der Waals surface area contributed by atoms with Gasteiger partial charge in [-0.25, -0.2) is 13.2 Å². The highest BCUT2D eigenvalue weighted by molar-refractivity contribution is 7.91. The molecule has 1 heterocycles. The zero-order chi connectivity index (χ0) is 12.9. The Kier molecular flexibility index (Phi) is 5.24. The lowest BCUT2D eigenvalue weighted by Gasteiger charge is -2.30. The highest BCUT2D eigenvalue weighted by atomic mass is 32.2. The minimum atomic E-state index is -2.99. The second-order valence-corrected chi connectivity index (χ2v) is 7.11. The summed E-state index contributed by atoms with van der Waals surface area (Å²) in [5, 5.41) is 2.67. The Morgan fingerprint density at radius 2 is 1.94 bits per heavy atom. The molecule has 1 saturated heterocycles. The summed E-state index contributed by atoms with van der Waals surface area (Å²) in [6.45, 7) is 5.55. The second kappa shape index (κ2) is 6.23. The van der Waals surface area contributed by atoms with Gasteiger partial charge in [0, 0.05) is 25.4 Å². The fraction of sp³-hybridized carbons (Fsp3) is 0.909. The number of urea groups is 1. The van der Waals surface area contributed by atoms with Crippen LogP contribution in [0.25, 0.3) is 0 Å². The molecule has 0 aliphatic carbocycles. The van der Waals surface area contributed by atoms with E-state index in [1.807, 2.05) is 0 Å². The van der Waals surface area contributed by atoms with Gasteiger partial charge in [0.1, 0.15) is 0 Å². The normalized spacial score (nSPS) is 18.1. The second-order valence-electron chi connectivity index (χ2n) is 4.64. The lowest BCUT2D eigenvalue weighted by atomic mass is 10.00. The third kappa shape index (κ3) is 4.93. The van der Waals surface area contributed by atoms with Crippen LogP contribution in [0.4, 0.5) is 4.79 Å². The highest BCUT2D eigenvalue weighted by Crippen LogP contribution is 2.15. The molecule has 0 aromatic heterocycles. The number of likely N-dealkylation sites (tertiary alicyclic amines) is 1. The molecule has 1 aliphatic rings. The van der Waals surface area contributed by atoms with Gasteiger partial charge in [-0.15, -0.1) is 0 Å². The standard InChI is InChI=1S/C11H22N2O3S/c1-3-17(15,16)9-6-12-11(14)13-7-4-10(2)5-8-13/h10H,3-9H2,1-2H3,(H,12,14). The largest absolute Gasteiger partial charge is 0.337 e. The Morgan fingerprint density at radius 1 is 1.35 bits per heavy atom. The topological polar surface area (TPSA) is 66.5 Å². The zero-order valence-electron chi connectivity index (χ0n) is 10.6. The molecule has 0 spiro atoms. The van der Waals surface area contributed by atoms with Crippen molar-refractivity contribution in [3.8, 4) is 0 Å². The fourth-order valence-corrected chi connectivity index (χ4v) is 2.48. The van der Waals surface area contributed by atoms with Crippen molar-refractivity contribution >= 4 is 15.9 Å². The van der Waals surface area contributed by atoms with E-state index in [-0.39, 0.29) is 24.1 Å². The van der Waals surface area contributed by atoms with Crippen LogP contribution in [-0.2, 0) is 9.84 Å². The Morgan fingerprint density at radius 3 is 2.47 bits per heavy atom. The van der Waals surface area contributed by atoms with E-state index < -0.39 is 9.84 Å². The van der Waals surface area contributed by atoms with Crippen LogP contribution in [0.15, 0.2) is 0 Å². The van der Waals surface area contributed by atoms with Crippen molar-refractivity contribution in [1.82, 2.24) is 10.2 Å². The molecule has 1 N–H and O–H groups in total. The molecule has 0 aromatic carbocycles. The Balaban J connectivity index is 2.26. The van der Waals surface area contributed by atoms with E-state index in [2.05, 4.69) is 12.2 Å². The first-order chi connectivity index (χ1) is 7.94.